The Balaban J connectivity index is 0.000000179. The summed E-state index contributed by atoms with van der Waals surface area (Å²) in [6.45, 7) is 28.4. The van der Waals surface area contributed by atoms with Crippen molar-refractivity contribution in [3.8, 4) is 0 Å². The molecule has 53 heavy (non-hydrogen) atoms. The smallest absolute Gasteiger partial charge is 0.0688 e. The fourth-order valence-electron chi connectivity index (χ4n) is 5.05. The highest BCUT2D eigenvalue weighted by Gasteiger charge is 2.17. The fraction of sp³-hybridized carbons (Fsp3) is 0.354. The summed E-state index contributed by atoms with van der Waals surface area (Å²) in [4.78, 5) is 4.25. The molecule has 5 heterocycles. The van der Waals surface area contributed by atoms with Gasteiger partial charge in [-0.1, -0.05) is 162 Å². The molecule has 7 rings (SSSR count). The number of aromatic nitrogens is 5. The van der Waals surface area contributed by atoms with E-state index in [9.17, 15) is 0 Å². The third kappa shape index (κ3) is 14.5. The minimum Gasteiger partial charge on any atom is -0.261 e. The van der Waals surface area contributed by atoms with Gasteiger partial charge in [0.2, 0.25) is 0 Å². The Labute approximate surface area is 320 Å². The molecule has 0 aliphatic carbocycles. The average Bonchev–Trinajstić information content (AvgIpc) is 3.73. The van der Waals surface area contributed by atoms with Crippen molar-refractivity contribution >= 4 is 11.0 Å². The molecule has 0 unspecified atom stereocenters. The maximum atomic E-state index is 4.50. The summed E-state index contributed by atoms with van der Waals surface area (Å²) in [6.07, 6.45) is 5.76. The highest BCUT2D eigenvalue weighted by Crippen LogP contribution is 2.23. The van der Waals surface area contributed by atoms with Crippen LogP contribution in [0.2, 0.25) is 0 Å². The second-order valence-corrected chi connectivity index (χ2v) is 17.4. The Morgan fingerprint density at radius 1 is 0.396 bits per heavy atom. The van der Waals surface area contributed by atoms with Gasteiger partial charge < -0.3 is 0 Å². The van der Waals surface area contributed by atoms with Crippen molar-refractivity contribution in [1.82, 2.24) is 24.2 Å². The number of fused-ring (bicyclic) bond motifs is 2. The van der Waals surface area contributed by atoms with Crippen LogP contribution in [0.15, 0.2) is 146 Å². The van der Waals surface area contributed by atoms with Crippen LogP contribution >= 0.6 is 0 Å². The maximum absolute atomic E-state index is 4.50. The highest BCUT2D eigenvalue weighted by molar-refractivity contribution is 5.48. The van der Waals surface area contributed by atoms with Crippen molar-refractivity contribution in [1.29, 1.82) is 0 Å². The molecular formula is C48H63N5. The van der Waals surface area contributed by atoms with Gasteiger partial charge in [0.25, 0.3) is 0 Å². The SMILES string of the molecule is CC(C)(C)c1cc2ccccn2n1.CC(C)(C)c1ccccc1.CC(C)(C)c1ccccc1.CC(C)(C)c1ccccn1.Cc1cc2ccccn2n1. The number of nitrogens with zero attached hydrogens (tertiary/aromatic N) is 5. The van der Waals surface area contributed by atoms with Gasteiger partial charge in [0.05, 0.1) is 22.4 Å². The van der Waals surface area contributed by atoms with E-state index < -0.39 is 0 Å². The number of pyridine rings is 3. The van der Waals surface area contributed by atoms with Crippen molar-refractivity contribution in [2.24, 2.45) is 0 Å². The lowest BCUT2D eigenvalue weighted by atomic mass is 9.87. The molecule has 0 fully saturated rings. The summed E-state index contributed by atoms with van der Waals surface area (Å²) in [6, 6.07) is 43.4. The van der Waals surface area contributed by atoms with Crippen molar-refractivity contribution in [3.05, 3.63) is 174 Å². The molecule has 0 spiro atoms. The zero-order valence-corrected chi connectivity index (χ0v) is 34.6. The van der Waals surface area contributed by atoms with Gasteiger partial charge in [-0.25, -0.2) is 9.03 Å². The van der Waals surface area contributed by atoms with Gasteiger partial charge in [0.1, 0.15) is 0 Å². The van der Waals surface area contributed by atoms with Gasteiger partial charge in [0, 0.05) is 35.1 Å². The molecule has 0 N–H and O–H groups in total. The van der Waals surface area contributed by atoms with E-state index in [1.165, 1.54) is 11.1 Å². The topological polar surface area (TPSA) is 47.5 Å². The first-order valence-corrected chi connectivity index (χ1v) is 18.6. The molecule has 0 atom stereocenters. The molecule has 0 amide bonds. The predicted molar refractivity (Wildman–Crippen MR) is 227 cm³/mol. The van der Waals surface area contributed by atoms with E-state index in [0.717, 1.165) is 28.1 Å². The van der Waals surface area contributed by atoms with Crippen LogP contribution in [-0.2, 0) is 21.7 Å². The molecular weight excluding hydrogens is 647 g/mol. The molecule has 7 aromatic rings. The normalized spacial score (nSPS) is 11.5. The van der Waals surface area contributed by atoms with Gasteiger partial charge in [-0.2, -0.15) is 10.2 Å². The van der Waals surface area contributed by atoms with Gasteiger partial charge in [-0.05, 0) is 77.4 Å². The third-order valence-electron chi connectivity index (χ3n) is 8.34. The molecule has 0 aliphatic rings. The van der Waals surface area contributed by atoms with Crippen LogP contribution in [0.25, 0.3) is 11.0 Å². The molecule has 280 valence electrons. The van der Waals surface area contributed by atoms with Crippen molar-refractivity contribution in [2.45, 2.75) is 112 Å². The summed E-state index contributed by atoms with van der Waals surface area (Å²) in [5, 5.41) is 8.73. The summed E-state index contributed by atoms with van der Waals surface area (Å²) in [5.41, 5.74) is 9.35. The number of rotatable bonds is 0. The zero-order valence-electron chi connectivity index (χ0n) is 34.6. The van der Waals surface area contributed by atoms with E-state index in [1.807, 2.05) is 77.0 Å². The van der Waals surface area contributed by atoms with E-state index in [1.54, 1.807) is 0 Å². The van der Waals surface area contributed by atoms with Gasteiger partial charge in [-0.15, -0.1) is 0 Å². The monoisotopic (exact) mass is 710 g/mol. The molecule has 0 radical (unpaired) electrons. The van der Waals surface area contributed by atoms with Crippen LogP contribution in [0, 0.1) is 6.92 Å². The zero-order chi connectivity index (χ0) is 39.3. The van der Waals surface area contributed by atoms with Crippen molar-refractivity contribution in [3.63, 3.8) is 0 Å². The van der Waals surface area contributed by atoms with E-state index in [0.29, 0.717) is 10.8 Å². The Morgan fingerprint density at radius 3 is 1.15 bits per heavy atom. The minimum absolute atomic E-state index is 0.131. The first kappa shape index (κ1) is 42.4. The Bertz CT molecular complexity index is 1860. The minimum atomic E-state index is 0.131. The van der Waals surface area contributed by atoms with Crippen LogP contribution < -0.4 is 0 Å². The highest BCUT2D eigenvalue weighted by atomic mass is 15.2. The van der Waals surface area contributed by atoms with Gasteiger partial charge in [0.15, 0.2) is 0 Å². The Morgan fingerprint density at radius 2 is 0.811 bits per heavy atom. The van der Waals surface area contributed by atoms with Crippen LogP contribution in [0.3, 0.4) is 0 Å². The molecule has 0 aliphatic heterocycles. The molecule has 5 heteroatoms. The number of benzene rings is 2. The lowest BCUT2D eigenvalue weighted by Gasteiger charge is -2.18. The van der Waals surface area contributed by atoms with Crippen molar-refractivity contribution in [2.75, 3.05) is 0 Å². The van der Waals surface area contributed by atoms with Crippen LogP contribution in [-0.4, -0.2) is 24.2 Å². The summed E-state index contributed by atoms with van der Waals surface area (Å²) in [7, 11) is 0. The van der Waals surface area contributed by atoms with E-state index >= 15 is 0 Å². The summed E-state index contributed by atoms with van der Waals surface area (Å²) >= 11 is 0. The predicted octanol–water partition coefficient (Wildman–Crippen LogP) is 12.6. The van der Waals surface area contributed by atoms with Crippen LogP contribution in [0.5, 0.6) is 0 Å². The van der Waals surface area contributed by atoms with Crippen LogP contribution in [0.1, 0.15) is 111 Å². The van der Waals surface area contributed by atoms with Crippen molar-refractivity contribution < 1.29 is 0 Å². The first-order chi connectivity index (χ1) is 24.7. The second kappa shape index (κ2) is 18.6. The molecule has 0 saturated carbocycles. The largest absolute Gasteiger partial charge is 0.261 e. The first-order valence-electron chi connectivity index (χ1n) is 18.6. The molecule has 0 saturated heterocycles. The summed E-state index contributed by atoms with van der Waals surface area (Å²) in [5.74, 6) is 0. The lowest BCUT2D eigenvalue weighted by Crippen LogP contribution is -2.12. The number of hydrogen-bond donors (Lipinski definition) is 0. The average molecular weight is 710 g/mol. The van der Waals surface area contributed by atoms with Gasteiger partial charge in [-0.3, -0.25) is 4.98 Å². The van der Waals surface area contributed by atoms with Gasteiger partial charge >= 0.3 is 0 Å². The third-order valence-corrected chi connectivity index (χ3v) is 8.34. The Kier molecular flexibility index (Phi) is 14.9. The Hall–Kier alpha value is -5.03. The number of aryl methyl sites for hydroxylation is 1. The molecule has 0 bridgehead atoms. The summed E-state index contributed by atoms with van der Waals surface area (Å²) < 4.78 is 3.79. The van der Waals surface area contributed by atoms with Crippen LogP contribution in [0.4, 0.5) is 0 Å². The molecule has 5 nitrogen and oxygen atoms in total. The fourth-order valence-corrected chi connectivity index (χ4v) is 5.05. The van der Waals surface area contributed by atoms with E-state index in [4.69, 9.17) is 0 Å². The quantitative estimate of drug-likeness (QED) is 0.157. The molecule has 5 aromatic heterocycles. The van der Waals surface area contributed by atoms with E-state index in [-0.39, 0.29) is 10.8 Å². The maximum Gasteiger partial charge on any atom is 0.0688 e. The lowest BCUT2D eigenvalue weighted by molar-refractivity contribution is 0.562. The standard InChI is InChI=1S/C11H14N2.2C10H14.C9H13N.C8H8N2/c1-11(2,3)10-8-9-6-4-5-7-13(9)12-10;2*1-10(2,3)9-7-5-4-6-8-9;1-9(2,3)8-6-4-5-7-10-8;1-7-6-8-4-2-3-5-10(8)9-7/h4-8H,1-3H3;2*4-8H,1-3H3;4-7H,1-3H3;2-6H,1H3. The second-order valence-electron chi connectivity index (χ2n) is 17.4. The molecule has 2 aromatic carbocycles. The number of hydrogen-bond acceptors (Lipinski definition) is 3. The van der Waals surface area contributed by atoms with E-state index in [2.05, 4.69) is 183 Å².